The van der Waals surface area contributed by atoms with Gasteiger partial charge in [0.05, 0.1) is 11.6 Å². The average Bonchev–Trinajstić information content (AvgIpc) is 3.14. The predicted molar refractivity (Wildman–Crippen MR) is 95.0 cm³/mol. The van der Waals surface area contributed by atoms with Crippen molar-refractivity contribution >= 4 is 22.8 Å². The molecule has 7 heteroatoms. The van der Waals surface area contributed by atoms with Crippen molar-refractivity contribution in [1.82, 2.24) is 25.1 Å². The van der Waals surface area contributed by atoms with Crippen LogP contribution in [0, 0.1) is 0 Å². The molecule has 3 heterocycles. The highest BCUT2D eigenvalue weighted by Gasteiger charge is 2.19. The third-order valence-corrected chi connectivity index (χ3v) is 4.59. The van der Waals surface area contributed by atoms with Gasteiger partial charge in [0, 0.05) is 26.1 Å². The Hall–Kier alpha value is -2.96. The summed E-state index contributed by atoms with van der Waals surface area (Å²) < 4.78 is 0. The van der Waals surface area contributed by atoms with E-state index in [0.717, 1.165) is 37.1 Å². The molecule has 0 bridgehead atoms. The molecule has 0 radical (unpaired) electrons. The Balaban J connectivity index is 1.28. The van der Waals surface area contributed by atoms with E-state index in [9.17, 15) is 4.79 Å². The Morgan fingerprint density at radius 3 is 3.04 bits per heavy atom. The lowest BCUT2D eigenvalue weighted by Gasteiger charge is -2.29. The zero-order chi connectivity index (χ0) is 17.1. The summed E-state index contributed by atoms with van der Waals surface area (Å²) in [5, 5.41) is 10.9. The Morgan fingerprint density at radius 2 is 2.12 bits per heavy atom. The highest BCUT2D eigenvalue weighted by molar-refractivity contribution is 5.85. The maximum absolute atomic E-state index is 12.4. The number of hydrogen-bond donors (Lipinski definition) is 2. The van der Waals surface area contributed by atoms with Crippen LogP contribution in [-0.4, -0.2) is 44.1 Å². The SMILES string of the molecule is O=C(CCCNc1ncnc2[nH]ncc12)N1CCc2ccccc2C1. The molecule has 0 fully saturated rings. The molecule has 2 aromatic heterocycles. The highest BCUT2D eigenvalue weighted by Crippen LogP contribution is 2.19. The van der Waals surface area contributed by atoms with Gasteiger partial charge in [-0.15, -0.1) is 0 Å². The number of anilines is 1. The standard InChI is InChI=1S/C18H20N6O/c25-16(24-9-7-13-4-1-2-5-14(13)11-24)6-3-8-19-17-15-10-22-23-18(15)21-12-20-17/h1-2,4-5,10,12H,3,6-9,11H2,(H2,19,20,21,22,23). The number of carbonyl (C=O) groups excluding carboxylic acids is 1. The summed E-state index contributed by atoms with van der Waals surface area (Å²) in [6, 6.07) is 8.36. The molecular weight excluding hydrogens is 316 g/mol. The van der Waals surface area contributed by atoms with Crippen molar-refractivity contribution in [3.63, 3.8) is 0 Å². The molecule has 1 aliphatic rings. The second-order valence-corrected chi connectivity index (χ2v) is 6.22. The van der Waals surface area contributed by atoms with Gasteiger partial charge in [0.25, 0.3) is 0 Å². The van der Waals surface area contributed by atoms with E-state index < -0.39 is 0 Å². The number of nitrogens with zero attached hydrogens (tertiary/aromatic N) is 4. The minimum atomic E-state index is 0.215. The molecule has 0 unspecified atom stereocenters. The number of aromatic amines is 1. The van der Waals surface area contributed by atoms with Crippen LogP contribution in [0.4, 0.5) is 5.82 Å². The molecule has 25 heavy (non-hydrogen) atoms. The molecule has 2 N–H and O–H groups in total. The van der Waals surface area contributed by atoms with Crippen molar-refractivity contribution in [1.29, 1.82) is 0 Å². The van der Waals surface area contributed by atoms with E-state index >= 15 is 0 Å². The fourth-order valence-electron chi connectivity index (χ4n) is 3.22. The van der Waals surface area contributed by atoms with Gasteiger partial charge in [-0.1, -0.05) is 24.3 Å². The molecule has 1 aliphatic heterocycles. The van der Waals surface area contributed by atoms with Crippen molar-refractivity contribution in [2.24, 2.45) is 0 Å². The Morgan fingerprint density at radius 1 is 1.24 bits per heavy atom. The molecule has 0 spiro atoms. The van der Waals surface area contributed by atoms with Gasteiger partial charge in [-0.05, 0) is 24.0 Å². The number of H-pyrrole nitrogens is 1. The molecule has 3 aromatic rings. The van der Waals surface area contributed by atoms with Crippen LogP contribution >= 0.6 is 0 Å². The molecule has 0 saturated carbocycles. The third kappa shape index (κ3) is 3.31. The van der Waals surface area contributed by atoms with Gasteiger partial charge in [0.2, 0.25) is 5.91 Å². The number of fused-ring (bicyclic) bond motifs is 2. The minimum absolute atomic E-state index is 0.215. The summed E-state index contributed by atoms with van der Waals surface area (Å²) in [5.74, 6) is 0.963. The van der Waals surface area contributed by atoms with Crippen LogP contribution in [0.25, 0.3) is 11.0 Å². The third-order valence-electron chi connectivity index (χ3n) is 4.59. The monoisotopic (exact) mass is 336 g/mol. The van der Waals surface area contributed by atoms with E-state index in [-0.39, 0.29) is 5.91 Å². The van der Waals surface area contributed by atoms with Crippen LogP contribution in [-0.2, 0) is 17.8 Å². The summed E-state index contributed by atoms with van der Waals surface area (Å²) in [5.41, 5.74) is 3.34. The van der Waals surface area contributed by atoms with Crippen LogP contribution in [0.1, 0.15) is 24.0 Å². The Kier molecular flexibility index (Phi) is 4.28. The largest absolute Gasteiger partial charge is 0.369 e. The van der Waals surface area contributed by atoms with Crippen molar-refractivity contribution in [3.05, 3.63) is 47.9 Å². The Labute approximate surface area is 145 Å². The first-order valence-electron chi connectivity index (χ1n) is 8.54. The molecule has 0 aliphatic carbocycles. The maximum Gasteiger partial charge on any atom is 0.222 e. The summed E-state index contributed by atoms with van der Waals surface area (Å²) in [4.78, 5) is 22.7. The van der Waals surface area contributed by atoms with Crippen LogP contribution in [0.15, 0.2) is 36.8 Å². The highest BCUT2D eigenvalue weighted by atomic mass is 16.2. The average molecular weight is 336 g/mol. The normalized spacial score (nSPS) is 13.7. The lowest BCUT2D eigenvalue weighted by Crippen LogP contribution is -2.36. The van der Waals surface area contributed by atoms with Crippen molar-refractivity contribution in [2.75, 3.05) is 18.4 Å². The molecule has 0 saturated heterocycles. The second-order valence-electron chi connectivity index (χ2n) is 6.22. The smallest absolute Gasteiger partial charge is 0.222 e. The summed E-state index contributed by atoms with van der Waals surface area (Å²) in [7, 11) is 0. The van der Waals surface area contributed by atoms with E-state index in [1.807, 2.05) is 11.0 Å². The summed E-state index contributed by atoms with van der Waals surface area (Å²) >= 11 is 0. The zero-order valence-electron chi connectivity index (χ0n) is 13.9. The van der Waals surface area contributed by atoms with Crippen molar-refractivity contribution < 1.29 is 4.79 Å². The number of aromatic nitrogens is 4. The topological polar surface area (TPSA) is 86.8 Å². The summed E-state index contributed by atoms with van der Waals surface area (Å²) in [6.07, 6.45) is 5.45. The van der Waals surface area contributed by atoms with E-state index in [1.165, 1.54) is 17.5 Å². The van der Waals surface area contributed by atoms with E-state index in [1.54, 1.807) is 6.20 Å². The van der Waals surface area contributed by atoms with Gasteiger partial charge >= 0.3 is 0 Å². The molecule has 1 aromatic carbocycles. The fourth-order valence-corrected chi connectivity index (χ4v) is 3.22. The number of hydrogen-bond acceptors (Lipinski definition) is 5. The van der Waals surface area contributed by atoms with E-state index in [2.05, 4.69) is 43.7 Å². The van der Waals surface area contributed by atoms with E-state index in [4.69, 9.17) is 0 Å². The lowest BCUT2D eigenvalue weighted by atomic mass is 9.99. The maximum atomic E-state index is 12.4. The van der Waals surface area contributed by atoms with Crippen LogP contribution in [0.2, 0.25) is 0 Å². The van der Waals surface area contributed by atoms with Crippen molar-refractivity contribution in [2.45, 2.75) is 25.8 Å². The van der Waals surface area contributed by atoms with Gasteiger partial charge in [-0.2, -0.15) is 5.10 Å². The number of benzene rings is 1. The quantitative estimate of drug-likeness (QED) is 0.697. The molecular formula is C18H20N6O. The molecule has 4 rings (SSSR count). The van der Waals surface area contributed by atoms with Gasteiger partial charge < -0.3 is 10.2 Å². The first-order valence-corrected chi connectivity index (χ1v) is 8.54. The first kappa shape index (κ1) is 15.6. The number of carbonyl (C=O) groups is 1. The number of rotatable bonds is 5. The van der Waals surface area contributed by atoms with Gasteiger partial charge in [0.1, 0.15) is 12.1 Å². The molecule has 0 atom stereocenters. The van der Waals surface area contributed by atoms with Crippen LogP contribution in [0.5, 0.6) is 0 Å². The minimum Gasteiger partial charge on any atom is -0.369 e. The van der Waals surface area contributed by atoms with Gasteiger partial charge in [-0.3, -0.25) is 9.89 Å². The molecule has 128 valence electrons. The summed E-state index contributed by atoms with van der Waals surface area (Å²) in [6.45, 7) is 2.22. The van der Waals surface area contributed by atoms with E-state index in [0.29, 0.717) is 18.6 Å². The van der Waals surface area contributed by atoms with Gasteiger partial charge in [0.15, 0.2) is 5.65 Å². The molecule has 1 amide bonds. The Bertz CT molecular complexity index is 890. The number of nitrogens with one attached hydrogen (secondary N) is 2. The van der Waals surface area contributed by atoms with Crippen molar-refractivity contribution in [3.8, 4) is 0 Å². The van der Waals surface area contributed by atoms with Crippen LogP contribution in [0.3, 0.4) is 0 Å². The first-order chi connectivity index (χ1) is 12.3. The zero-order valence-corrected chi connectivity index (χ0v) is 13.9. The second kappa shape index (κ2) is 6.88. The molecule has 7 nitrogen and oxygen atoms in total. The fraction of sp³-hybridized carbons (Fsp3) is 0.333. The number of amides is 1. The van der Waals surface area contributed by atoms with Crippen LogP contribution < -0.4 is 5.32 Å². The lowest BCUT2D eigenvalue weighted by molar-refractivity contribution is -0.132. The predicted octanol–water partition coefficient (Wildman–Crippen LogP) is 2.13. The van der Waals surface area contributed by atoms with Gasteiger partial charge in [-0.25, -0.2) is 9.97 Å².